The van der Waals surface area contributed by atoms with E-state index in [9.17, 15) is 0 Å². The topological polar surface area (TPSA) is 6.48 Å². The van der Waals surface area contributed by atoms with Crippen LogP contribution in [0.25, 0.3) is 0 Å². The Hall–Kier alpha value is -0.0800. The summed E-state index contributed by atoms with van der Waals surface area (Å²) in [5.41, 5.74) is 0. The zero-order chi connectivity index (χ0) is 8.55. The van der Waals surface area contributed by atoms with Gasteiger partial charge >= 0.3 is 0 Å². The zero-order valence-electron chi connectivity index (χ0n) is 8.29. The van der Waals surface area contributed by atoms with Gasteiger partial charge in [0.05, 0.1) is 0 Å². The van der Waals surface area contributed by atoms with E-state index in [4.69, 9.17) is 0 Å². The number of rotatable bonds is 1. The molecule has 0 N–H and O–H groups in total. The quantitative estimate of drug-likeness (QED) is 0.574. The van der Waals surface area contributed by atoms with Gasteiger partial charge in [-0.3, -0.25) is 0 Å². The van der Waals surface area contributed by atoms with Crippen LogP contribution in [0.4, 0.5) is 0 Å². The molecule has 0 amide bonds. The maximum Gasteiger partial charge on any atom is 0.00216 e. The van der Waals surface area contributed by atoms with Crippen molar-refractivity contribution in [3.63, 3.8) is 0 Å². The van der Waals surface area contributed by atoms with Crippen molar-refractivity contribution < 1.29 is 0 Å². The molecule has 0 saturated carbocycles. The van der Waals surface area contributed by atoms with E-state index in [0.717, 1.165) is 11.8 Å². The fourth-order valence-electron chi connectivity index (χ4n) is 2.55. The maximum atomic E-state index is 2.46. The summed E-state index contributed by atoms with van der Waals surface area (Å²) in [6.07, 6.45) is 2.88. The molecule has 2 nitrogen and oxygen atoms in total. The molecule has 2 fully saturated rings. The summed E-state index contributed by atoms with van der Waals surface area (Å²) in [5.74, 6) is 2.07. The molecule has 2 aliphatic heterocycles. The van der Waals surface area contributed by atoms with Crippen LogP contribution in [0, 0.1) is 11.8 Å². The third-order valence-electron chi connectivity index (χ3n) is 3.52. The van der Waals surface area contributed by atoms with Crippen molar-refractivity contribution in [2.24, 2.45) is 11.8 Å². The van der Waals surface area contributed by atoms with Gasteiger partial charge in [-0.1, -0.05) is 0 Å². The van der Waals surface area contributed by atoms with Crippen LogP contribution in [-0.2, 0) is 0 Å². The Kier molecular flexibility index (Phi) is 2.37. The molecule has 70 valence electrons. The molecule has 0 bridgehead atoms. The monoisotopic (exact) mass is 168 g/mol. The molecule has 0 aliphatic carbocycles. The first-order chi connectivity index (χ1) is 5.75. The van der Waals surface area contributed by atoms with Crippen molar-refractivity contribution >= 4 is 0 Å². The fraction of sp³-hybridized carbons (Fsp3) is 1.00. The molecule has 2 heterocycles. The molecule has 0 unspecified atom stereocenters. The largest absolute Gasteiger partial charge is 0.306 e. The molecular formula is C10H20N2. The Balaban J connectivity index is 1.75. The molecule has 0 aromatic carbocycles. The minimum absolute atomic E-state index is 1.03. The second kappa shape index (κ2) is 3.35. The molecule has 2 saturated heterocycles. The van der Waals surface area contributed by atoms with Crippen LogP contribution in [0.5, 0.6) is 0 Å². The van der Waals surface area contributed by atoms with Gasteiger partial charge in [0.15, 0.2) is 0 Å². The lowest BCUT2D eigenvalue weighted by Crippen LogP contribution is -2.49. The minimum atomic E-state index is 1.03. The molecule has 2 aliphatic rings. The van der Waals surface area contributed by atoms with E-state index < -0.39 is 0 Å². The molecule has 0 aromatic heterocycles. The molecule has 0 atom stereocenters. The van der Waals surface area contributed by atoms with Crippen LogP contribution in [0.2, 0.25) is 0 Å². The molecule has 2 rings (SSSR count). The zero-order valence-corrected chi connectivity index (χ0v) is 8.29. The number of piperidine rings is 1. The lowest BCUT2D eigenvalue weighted by molar-refractivity contribution is 0.0510. The van der Waals surface area contributed by atoms with Gasteiger partial charge in [0.1, 0.15) is 0 Å². The first-order valence-corrected chi connectivity index (χ1v) is 5.13. The normalized spacial score (nSPS) is 30.5. The molecule has 0 aromatic rings. The van der Waals surface area contributed by atoms with E-state index in [1.807, 2.05) is 0 Å². The van der Waals surface area contributed by atoms with E-state index in [1.165, 1.54) is 39.0 Å². The SMILES string of the molecule is CN1CCC(C2CN(C)C2)CC1. The van der Waals surface area contributed by atoms with Crippen LogP contribution >= 0.6 is 0 Å². The van der Waals surface area contributed by atoms with Crippen LogP contribution in [0.15, 0.2) is 0 Å². The molecular weight excluding hydrogens is 148 g/mol. The van der Waals surface area contributed by atoms with Crippen molar-refractivity contribution in [2.45, 2.75) is 12.8 Å². The third-order valence-corrected chi connectivity index (χ3v) is 3.52. The number of likely N-dealkylation sites (tertiary alicyclic amines) is 2. The number of hydrogen-bond acceptors (Lipinski definition) is 2. The van der Waals surface area contributed by atoms with Gasteiger partial charge in [0, 0.05) is 13.1 Å². The summed E-state index contributed by atoms with van der Waals surface area (Å²) >= 11 is 0. The van der Waals surface area contributed by atoms with E-state index in [2.05, 4.69) is 23.9 Å². The predicted octanol–water partition coefficient (Wildman–Crippen LogP) is 0.890. The summed E-state index contributed by atoms with van der Waals surface area (Å²) < 4.78 is 0. The van der Waals surface area contributed by atoms with Gasteiger partial charge < -0.3 is 9.80 Å². The highest BCUT2D eigenvalue weighted by molar-refractivity contribution is 4.85. The second-order valence-corrected chi connectivity index (χ2v) is 4.62. The Morgan fingerprint density at radius 2 is 1.42 bits per heavy atom. The van der Waals surface area contributed by atoms with Crippen molar-refractivity contribution in [2.75, 3.05) is 40.3 Å². The Morgan fingerprint density at radius 3 is 1.92 bits per heavy atom. The molecule has 0 spiro atoms. The van der Waals surface area contributed by atoms with Gasteiger partial charge in [0.2, 0.25) is 0 Å². The highest BCUT2D eigenvalue weighted by atomic mass is 15.2. The lowest BCUT2D eigenvalue weighted by atomic mass is 9.80. The average Bonchev–Trinajstić information content (AvgIpc) is 2.01. The van der Waals surface area contributed by atoms with Gasteiger partial charge in [-0.15, -0.1) is 0 Å². The maximum absolute atomic E-state index is 2.46. The lowest BCUT2D eigenvalue weighted by Gasteiger charge is -2.44. The number of nitrogens with zero attached hydrogens (tertiary/aromatic N) is 2. The van der Waals surface area contributed by atoms with Crippen molar-refractivity contribution in [1.82, 2.24) is 9.80 Å². The van der Waals surface area contributed by atoms with Gasteiger partial charge in [-0.2, -0.15) is 0 Å². The minimum Gasteiger partial charge on any atom is -0.306 e. The van der Waals surface area contributed by atoms with E-state index in [1.54, 1.807) is 0 Å². The van der Waals surface area contributed by atoms with Crippen LogP contribution in [-0.4, -0.2) is 50.1 Å². The standard InChI is InChI=1S/C10H20N2/c1-11-5-3-9(4-6-11)10-7-12(2)8-10/h9-10H,3-8H2,1-2H3. The highest BCUT2D eigenvalue weighted by Gasteiger charge is 2.32. The summed E-state index contributed by atoms with van der Waals surface area (Å²) in [7, 11) is 4.47. The van der Waals surface area contributed by atoms with Crippen molar-refractivity contribution in [1.29, 1.82) is 0 Å². The van der Waals surface area contributed by atoms with Gasteiger partial charge in [0.25, 0.3) is 0 Å². The smallest absolute Gasteiger partial charge is 0.00216 e. The predicted molar refractivity (Wildman–Crippen MR) is 51.2 cm³/mol. The summed E-state index contributed by atoms with van der Waals surface area (Å²) in [6.45, 7) is 5.36. The fourth-order valence-corrected chi connectivity index (χ4v) is 2.55. The Morgan fingerprint density at radius 1 is 0.833 bits per heavy atom. The van der Waals surface area contributed by atoms with E-state index in [0.29, 0.717) is 0 Å². The highest BCUT2D eigenvalue weighted by Crippen LogP contribution is 2.30. The number of hydrogen-bond donors (Lipinski definition) is 0. The summed E-state index contributed by atoms with van der Waals surface area (Å²) in [6, 6.07) is 0. The Bertz CT molecular complexity index is 144. The van der Waals surface area contributed by atoms with Crippen molar-refractivity contribution in [3.8, 4) is 0 Å². The summed E-state index contributed by atoms with van der Waals surface area (Å²) in [4.78, 5) is 4.89. The summed E-state index contributed by atoms with van der Waals surface area (Å²) in [5, 5.41) is 0. The Labute approximate surface area is 75.5 Å². The third kappa shape index (κ3) is 1.64. The second-order valence-electron chi connectivity index (χ2n) is 4.62. The van der Waals surface area contributed by atoms with Crippen LogP contribution < -0.4 is 0 Å². The molecule has 12 heavy (non-hydrogen) atoms. The first-order valence-electron chi connectivity index (χ1n) is 5.13. The van der Waals surface area contributed by atoms with Crippen LogP contribution in [0.1, 0.15) is 12.8 Å². The van der Waals surface area contributed by atoms with Gasteiger partial charge in [-0.25, -0.2) is 0 Å². The average molecular weight is 168 g/mol. The molecule has 0 radical (unpaired) electrons. The first kappa shape index (κ1) is 8.52. The van der Waals surface area contributed by atoms with Gasteiger partial charge in [-0.05, 0) is 51.9 Å². The van der Waals surface area contributed by atoms with Crippen molar-refractivity contribution in [3.05, 3.63) is 0 Å². The van der Waals surface area contributed by atoms with Crippen LogP contribution in [0.3, 0.4) is 0 Å². The molecule has 2 heteroatoms. The van der Waals surface area contributed by atoms with E-state index >= 15 is 0 Å². The van der Waals surface area contributed by atoms with E-state index in [-0.39, 0.29) is 0 Å².